The molecule has 3 nitrogen and oxygen atoms in total. The number of benzene rings is 1. The summed E-state index contributed by atoms with van der Waals surface area (Å²) in [5.41, 5.74) is 3.49. The van der Waals surface area contributed by atoms with Crippen molar-refractivity contribution in [3.63, 3.8) is 0 Å². The fraction of sp³-hybridized carbons (Fsp3) is 0.308. The lowest BCUT2D eigenvalue weighted by Gasteiger charge is -2.00. The molecule has 0 radical (unpaired) electrons. The van der Waals surface area contributed by atoms with Gasteiger partial charge in [0.05, 0.1) is 19.4 Å². The fourth-order valence-electron chi connectivity index (χ4n) is 1.93. The molecule has 1 aliphatic rings. The first-order valence-electron chi connectivity index (χ1n) is 5.54. The van der Waals surface area contributed by atoms with E-state index in [-0.39, 0.29) is 5.38 Å². The summed E-state index contributed by atoms with van der Waals surface area (Å²) in [4.78, 5) is 4.16. The molecule has 0 spiro atoms. The van der Waals surface area contributed by atoms with Crippen LogP contribution in [0, 0.1) is 0 Å². The van der Waals surface area contributed by atoms with Crippen molar-refractivity contribution in [2.75, 3.05) is 0 Å². The fourth-order valence-corrected chi connectivity index (χ4v) is 2.03. The minimum absolute atomic E-state index is 0.207. The van der Waals surface area contributed by atoms with Gasteiger partial charge in [0.2, 0.25) is 5.89 Å². The zero-order chi connectivity index (χ0) is 11.8. The summed E-state index contributed by atoms with van der Waals surface area (Å²) in [6.45, 7) is 3.22. The van der Waals surface area contributed by atoms with E-state index >= 15 is 0 Å². The van der Waals surface area contributed by atoms with Crippen LogP contribution in [0.25, 0.3) is 11.3 Å². The number of ether oxygens (including phenoxy) is 1. The summed E-state index contributed by atoms with van der Waals surface area (Å²) in [6, 6.07) is 6.19. The Labute approximate surface area is 104 Å². The molecule has 88 valence electrons. The van der Waals surface area contributed by atoms with E-state index in [4.69, 9.17) is 20.8 Å². The highest BCUT2D eigenvalue weighted by atomic mass is 35.5. The minimum Gasteiger partial charge on any atom is -0.439 e. The first-order valence-corrected chi connectivity index (χ1v) is 5.97. The Hall–Kier alpha value is -1.32. The van der Waals surface area contributed by atoms with Gasteiger partial charge < -0.3 is 9.15 Å². The van der Waals surface area contributed by atoms with Crippen molar-refractivity contribution in [2.24, 2.45) is 0 Å². The number of hydrogen-bond donors (Lipinski definition) is 0. The first-order chi connectivity index (χ1) is 8.24. The molecule has 17 heavy (non-hydrogen) atoms. The van der Waals surface area contributed by atoms with Gasteiger partial charge in [-0.2, -0.15) is 0 Å². The summed E-state index contributed by atoms with van der Waals surface area (Å²) in [7, 11) is 0. The second-order valence-electron chi connectivity index (χ2n) is 4.16. The quantitative estimate of drug-likeness (QED) is 0.762. The van der Waals surface area contributed by atoms with Crippen molar-refractivity contribution in [1.82, 2.24) is 4.98 Å². The zero-order valence-electron chi connectivity index (χ0n) is 9.44. The average molecular weight is 250 g/mol. The molecule has 3 rings (SSSR count). The van der Waals surface area contributed by atoms with E-state index < -0.39 is 0 Å². The Morgan fingerprint density at radius 3 is 2.88 bits per heavy atom. The third-order valence-electron chi connectivity index (χ3n) is 2.87. The van der Waals surface area contributed by atoms with Crippen molar-refractivity contribution >= 4 is 11.6 Å². The van der Waals surface area contributed by atoms with Gasteiger partial charge in [0.25, 0.3) is 0 Å². The highest BCUT2D eigenvalue weighted by molar-refractivity contribution is 6.20. The summed E-state index contributed by atoms with van der Waals surface area (Å²) in [5, 5.41) is -0.207. The lowest BCUT2D eigenvalue weighted by Crippen LogP contribution is -1.83. The molecule has 0 fully saturated rings. The number of hydrogen-bond acceptors (Lipinski definition) is 3. The predicted octanol–water partition coefficient (Wildman–Crippen LogP) is 3.67. The van der Waals surface area contributed by atoms with Crippen molar-refractivity contribution in [1.29, 1.82) is 0 Å². The molecular formula is C13H12ClNO2. The molecule has 1 aromatic carbocycles. The van der Waals surface area contributed by atoms with E-state index in [2.05, 4.69) is 17.1 Å². The SMILES string of the molecule is CC(Cl)c1ncc(-c2ccc3c(c2)COC3)o1. The normalized spacial score (nSPS) is 15.9. The third-order valence-corrected chi connectivity index (χ3v) is 3.06. The molecule has 1 aromatic heterocycles. The van der Waals surface area contributed by atoms with E-state index in [1.165, 1.54) is 11.1 Å². The van der Waals surface area contributed by atoms with E-state index in [1.54, 1.807) is 6.20 Å². The van der Waals surface area contributed by atoms with Crippen LogP contribution in [0.2, 0.25) is 0 Å². The Morgan fingerprint density at radius 2 is 2.12 bits per heavy atom. The van der Waals surface area contributed by atoms with E-state index in [1.807, 2.05) is 13.0 Å². The lowest BCUT2D eigenvalue weighted by molar-refractivity contribution is 0.134. The summed E-state index contributed by atoms with van der Waals surface area (Å²) in [6.07, 6.45) is 1.71. The van der Waals surface area contributed by atoms with E-state index in [9.17, 15) is 0 Å². The van der Waals surface area contributed by atoms with Gasteiger partial charge in [-0.15, -0.1) is 11.6 Å². The molecule has 2 aromatic rings. The molecule has 0 aliphatic carbocycles. The Kier molecular flexibility index (Phi) is 2.65. The Morgan fingerprint density at radius 1 is 1.29 bits per heavy atom. The Bertz CT molecular complexity index is 548. The monoisotopic (exact) mass is 249 g/mol. The van der Waals surface area contributed by atoms with Crippen LogP contribution >= 0.6 is 11.6 Å². The molecule has 4 heteroatoms. The summed E-state index contributed by atoms with van der Waals surface area (Å²) < 4.78 is 11.0. The Balaban J connectivity index is 1.97. The van der Waals surface area contributed by atoms with Gasteiger partial charge in [-0.05, 0) is 24.1 Å². The largest absolute Gasteiger partial charge is 0.439 e. The number of nitrogens with zero attached hydrogens (tertiary/aromatic N) is 1. The van der Waals surface area contributed by atoms with Gasteiger partial charge in [0, 0.05) is 5.56 Å². The van der Waals surface area contributed by atoms with Gasteiger partial charge in [0.15, 0.2) is 5.76 Å². The van der Waals surface area contributed by atoms with E-state index in [0.29, 0.717) is 19.1 Å². The van der Waals surface area contributed by atoms with Gasteiger partial charge in [-0.1, -0.05) is 12.1 Å². The van der Waals surface area contributed by atoms with Gasteiger partial charge in [-0.3, -0.25) is 0 Å². The van der Waals surface area contributed by atoms with Crippen molar-refractivity contribution in [3.8, 4) is 11.3 Å². The number of rotatable bonds is 2. The number of halogens is 1. The maximum atomic E-state index is 5.92. The third kappa shape index (κ3) is 1.96. The van der Waals surface area contributed by atoms with Crippen LogP contribution in [0.1, 0.15) is 29.3 Å². The highest BCUT2D eigenvalue weighted by Crippen LogP contribution is 2.29. The number of aromatic nitrogens is 1. The maximum Gasteiger partial charge on any atom is 0.212 e. The molecule has 1 aliphatic heterocycles. The number of fused-ring (bicyclic) bond motifs is 1. The molecule has 0 N–H and O–H groups in total. The van der Waals surface area contributed by atoms with Crippen LogP contribution in [0.3, 0.4) is 0 Å². The molecule has 1 atom stereocenters. The molecule has 0 amide bonds. The van der Waals surface area contributed by atoms with Crippen LogP contribution in [-0.2, 0) is 18.0 Å². The van der Waals surface area contributed by atoms with Gasteiger partial charge in [-0.25, -0.2) is 4.98 Å². The maximum absolute atomic E-state index is 5.92. The minimum atomic E-state index is -0.207. The number of oxazole rings is 1. The summed E-state index contributed by atoms with van der Waals surface area (Å²) >= 11 is 5.92. The number of alkyl halides is 1. The topological polar surface area (TPSA) is 35.3 Å². The van der Waals surface area contributed by atoms with Crippen molar-refractivity contribution in [2.45, 2.75) is 25.5 Å². The smallest absolute Gasteiger partial charge is 0.212 e. The van der Waals surface area contributed by atoms with E-state index in [0.717, 1.165) is 11.3 Å². The van der Waals surface area contributed by atoms with Crippen LogP contribution < -0.4 is 0 Å². The van der Waals surface area contributed by atoms with Crippen LogP contribution in [0.5, 0.6) is 0 Å². The van der Waals surface area contributed by atoms with Crippen molar-refractivity contribution < 1.29 is 9.15 Å². The molecule has 2 heterocycles. The predicted molar refractivity (Wildman–Crippen MR) is 64.7 cm³/mol. The lowest BCUT2D eigenvalue weighted by atomic mass is 10.1. The molecule has 0 bridgehead atoms. The first kappa shape index (κ1) is 10.8. The average Bonchev–Trinajstić information content (AvgIpc) is 2.97. The van der Waals surface area contributed by atoms with Crippen molar-refractivity contribution in [3.05, 3.63) is 41.4 Å². The van der Waals surface area contributed by atoms with Crippen LogP contribution in [0.4, 0.5) is 0 Å². The zero-order valence-corrected chi connectivity index (χ0v) is 10.2. The standard InChI is InChI=1S/C13H12ClNO2/c1-8(14)13-15-5-12(17-13)9-2-3-10-6-16-7-11(10)4-9/h2-5,8H,6-7H2,1H3. The highest BCUT2D eigenvalue weighted by Gasteiger charge is 2.15. The molecule has 0 saturated heterocycles. The molecular weight excluding hydrogens is 238 g/mol. The van der Waals surface area contributed by atoms with Crippen LogP contribution in [0.15, 0.2) is 28.8 Å². The van der Waals surface area contributed by atoms with Gasteiger partial charge >= 0.3 is 0 Å². The second-order valence-corrected chi connectivity index (χ2v) is 4.81. The summed E-state index contributed by atoms with van der Waals surface area (Å²) in [5.74, 6) is 1.31. The second kappa shape index (κ2) is 4.17. The molecule has 0 saturated carbocycles. The van der Waals surface area contributed by atoms with Gasteiger partial charge in [0.1, 0.15) is 5.38 Å². The van der Waals surface area contributed by atoms with Crippen LogP contribution in [-0.4, -0.2) is 4.98 Å². The molecule has 1 unspecified atom stereocenters.